The highest BCUT2D eigenvalue weighted by molar-refractivity contribution is 6.43. The minimum atomic E-state index is 0.154. The van der Waals surface area contributed by atoms with Crippen LogP contribution in [0.25, 0.3) is 0 Å². The average molecular weight is 342 g/mol. The molecular weight excluding hydrogens is 337 g/mol. The molecule has 0 radical (unpaired) electrons. The van der Waals surface area contributed by atoms with Crippen LogP contribution in [-0.4, -0.2) is 4.98 Å². The summed E-state index contributed by atoms with van der Waals surface area (Å²) in [5.74, 6) is 0.357. The number of benzene rings is 1. The fraction of sp³-hybridized carbons (Fsp3) is 0. The number of anilines is 2. The molecule has 0 saturated heterocycles. The number of aromatic nitrogens is 1. The standard InChI is InChI=1S/C11H5Cl5N2/c12-5-1-2-6(13)9(3-5)17-11-8(15)4-7(14)10(16)18-11/h1-4H,(H,17,18). The number of hydrogen-bond donors (Lipinski definition) is 1. The Balaban J connectivity index is 2.40. The molecule has 0 fully saturated rings. The molecule has 1 aromatic heterocycles. The van der Waals surface area contributed by atoms with E-state index in [-0.39, 0.29) is 10.2 Å². The van der Waals surface area contributed by atoms with Gasteiger partial charge in [0.05, 0.1) is 20.8 Å². The van der Waals surface area contributed by atoms with Gasteiger partial charge < -0.3 is 5.32 Å². The van der Waals surface area contributed by atoms with Crippen molar-refractivity contribution < 1.29 is 0 Å². The molecule has 7 heteroatoms. The summed E-state index contributed by atoms with van der Waals surface area (Å²) >= 11 is 29.5. The summed E-state index contributed by atoms with van der Waals surface area (Å²) in [6.07, 6.45) is 0. The van der Waals surface area contributed by atoms with Crippen LogP contribution < -0.4 is 5.32 Å². The molecule has 94 valence electrons. The zero-order valence-corrected chi connectivity index (χ0v) is 12.4. The van der Waals surface area contributed by atoms with Crippen LogP contribution >= 0.6 is 58.0 Å². The van der Waals surface area contributed by atoms with E-state index >= 15 is 0 Å². The normalized spacial score (nSPS) is 10.5. The van der Waals surface area contributed by atoms with Gasteiger partial charge in [-0.15, -0.1) is 0 Å². The van der Waals surface area contributed by atoms with Gasteiger partial charge in [0.15, 0.2) is 5.82 Å². The third kappa shape index (κ3) is 3.14. The first-order chi connectivity index (χ1) is 8.47. The van der Waals surface area contributed by atoms with Crippen molar-refractivity contribution in [1.82, 2.24) is 4.98 Å². The molecule has 1 aromatic carbocycles. The van der Waals surface area contributed by atoms with Crippen LogP contribution in [0, 0.1) is 0 Å². The summed E-state index contributed by atoms with van der Waals surface area (Å²) in [6, 6.07) is 6.50. The van der Waals surface area contributed by atoms with Crippen molar-refractivity contribution in [2.75, 3.05) is 5.32 Å². The van der Waals surface area contributed by atoms with Crippen LogP contribution in [0.2, 0.25) is 25.2 Å². The molecule has 2 aromatic rings. The Kier molecular flexibility index (Phi) is 4.46. The molecule has 1 N–H and O–H groups in total. The second-order valence-corrected chi connectivity index (χ2v) is 5.36. The van der Waals surface area contributed by atoms with Gasteiger partial charge in [-0.2, -0.15) is 0 Å². The zero-order chi connectivity index (χ0) is 13.3. The molecule has 0 saturated carbocycles. The third-order valence-corrected chi connectivity index (χ3v) is 3.59. The van der Waals surface area contributed by atoms with E-state index in [4.69, 9.17) is 58.0 Å². The molecular formula is C11H5Cl5N2. The lowest BCUT2D eigenvalue weighted by atomic mass is 10.3. The van der Waals surface area contributed by atoms with Crippen LogP contribution in [0.1, 0.15) is 0 Å². The quantitative estimate of drug-likeness (QED) is 0.668. The van der Waals surface area contributed by atoms with Crippen LogP contribution in [0.3, 0.4) is 0 Å². The van der Waals surface area contributed by atoms with Crippen LogP contribution in [0.15, 0.2) is 24.3 Å². The van der Waals surface area contributed by atoms with Gasteiger partial charge in [0, 0.05) is 5.02 Å². The lowest BCUT2D eigenvalue weighted by molar-refractivity contribution is 1.31. The van der Waals surface area contributed by atoms with Crippen molar-refractivity contribution in [3.05, 3.63) is 49.5 Å². The van der Waals surface area contributed by atoms with E-state index in [1.165, 1.54) is 6.07 Å². The molecule has 0 aliphatic heterocycles. The largest absolute Gasteiger partial charge is 0.338 e. The summed E-state index contributed by atoms with van der Waals surface area (Å²) in [4.78, 5) is 4.03. The summed E-state index contributed by atoms with van der Waals surface area (Å²) in [5.41, 5.74) is 0.581. The average Bonchev–Trinajstić information content (AvgIpc) is 2.30. The summed E-state index contributed by atoms with van der Waals surface area (Å²) in [5, 5.41) is 4.75. The Hall–Kier alpha value is -0.380. The summed E-state index contributed by atoms with van der Waals surface area (Å²) in [7, 11) is 0. The maximum atomic E-state index is 6.02. The first kappa shape index (κ1) is 14.0. The first-order valence-electron chi connectivity index (χ1n) is 4.71. The van der Waals surface area contributed by atoms with E-state index < -0.39 is 0 Å². The number of nitrogens with one attached hydrogen (secondary N) is 1. The minimum Gasteiger partial charge on any atom is -0.338 e. The number of hydrogen-bond acceptors (Lipinski definition) is 2. The maximum absolute atomic E-state index is 6.02. The Morgan fingerprint density at radius 3 is 2.28 bits per heavy atom. The number of nitrogens with zero attached hydrogens (tertiary/aromatic N) is 1. The van der Waals surface area contributed by atoms with Gasteiger partial charge in [-0.1, -0.05) is 58.0 Å². The molecule has 0 aliphatic carbocycles. The molecule has 2 rings (SSSR count). The maximum Gasteiger partial charge on any atom is 0.151 e. The lowest BCUT2D eigenvalue weighted by Gasteiger charge is -2.10. The SMILES string of the molecule is Clc1ccc(Cl)c(Nc2nc(Cl)c(Cl)cc2Cl)c1. The minimum absolute atomic E-state index is 0.154. The lowest BCUT2D eigenvalue weighted by Crippen LogP contribution is -1.96. The van der Waals surface area contributed by atoms with E-state index in [1.54, 1.807) is 18.2 Å². The molecule has 2 nitrogen and oxygen atoms in total. The zero-order valence-electron chi connectivity index (χ0n) is 8.65. The van der Waals surface area contributed by atoms with Crippen molar-refractivity contribution in [3.63, 3.8) is 0 Å². The van der Waals surface area contributed by atoms with Crippen LogP contribution in [0.5, 0.6) is 0 Å². The molecule has 0 aliphatic rings. The van der Waals surface area contributed by atoms with Crippen molar-refractivity contribution in [3.8, 4) is 0 Å². The van der Waals surface area contributed by atoms with E-state index in [9.17, 15) is 0 Å². The van der Waals surface area contributed by atoms with E-state index in [1.807, 2.05) is 0 Å². The second kappa shape index (κ2) is 5.72. The molecule has 0 atom stereocenters. The molecule has 0 amide bonds. The van der Waals surface area contributed by atoms with Gasteiger partial charge in [-0.25, -0.2) is 4.98 Å². The Morgan fingerprint density at radius 1 is 0.833 bits per heavy atom. The van der Waals surface area contributed by atoms with Gasteiger partial charge in [-0.3, -0.25) is 0 Å². The second-order valence-electron chi connectivity index (χ2n) is 3.34. The third-order valence-electron chi connectivity index (χ3n) is 2.07. The summed E-state index contributed by atoms with van der Waals surface area (Å²) in [6.45, 7) is 0. The topological polar surface area (TPSA) is 24.9 Å². The highest BCUT2D eigenvalue weighted by Crippen LogP contribution is 2.33. The van der Waals surface area contributed by atoms with Crippen molar-refractivity contribution >= 4 is 69.5 Å². The molecule has 1 heterocycles. The Bertz CT molecular complexity index is 600. The molecule has 0 unspecified atom stereocenters. The van der Waals surface area contributed by atoms with E-state index in [0.29, 0.717) is 26.6 Å². The predicted molar refractivity (Wildman–Crippen MR) is 79.0 cm³/mol. The molecule has 0 bridgehead atoms. The van der Waals surface area contributed by atoms with E-state index in [2.05, 4.69) is 10.3 Å². The Labute approximate surface area is 129 Å². The van der Waals surface area contributed by atoms with E-state index in [0.717, 1.165) is 0 Å². The molecule has 18 heavy (non-hydrogen) atoms. The van der Waals surface area contributed by atoms with Crippen molar-refractivity contribution in [2.45, 2.75) is 0 Å². The first-order valence-corrected chi connectivity index (χ1v) is 6.60. The number of halogens is 5. The van der Waals surface area contributed by atoms with Gasteiger partial charge >= 0.3 is 0 Å². The van der Waals surface area contributed by atoms with Crippen molar-refractivity contribution in [2.24, 2.45) is 0 Å². The van der Waals surface area contributed by atoms with Gasteiger partial charge in [0.1, 0.15) is 5.15 Å². The highest BCUT2D eigenvalue weighted by atomic mass is 35.5. The smallest absolute Gasteiger partial charge is 0.151 e. The van der Waals surface area contributed by atoms with Crippen LogP contribution in [-0.2, 0) is 0 Å². The van der Waals surface area contributed by atoms with Gasteiger partial charge in [0.2, 0.25) is 0 Å². The van der Waals surface area contributed by atoms with Crippen LogP contribution in [0.4, 0.5) is 11.5 Å². The fourth-order valence-electron chi connectivity index (χ4n) is 1.25. The monoisotopic (exact) mass is 340 g/mol. The summed E-state index contributed by atoms with van der Waals surface area (Å²) < 4.78 is 0. The Morgan fingerprint density at radius 2 is 1.56 bits per heavy atom. The highest BCUT2D eigenvalue weighted by Gasteiger charge is 2.10. The fourth-order valence-corrected chi connectivity index (χ4v) is 2.13. The van der Waals surface area contributed by atoms with Gasteiger partial charge in [0.25, 0.3) is 0 Å². The van der Waals surface area contributed by atoms with Gasteiger partial charge in [-0.05, 0) is 24.3 Å². The number of rotatable bonds is 2. The number of pyridine rings is 1. The van der Waals surface area contributed by atoms with Crippen molar-refractivity contribution in [1.29, 1.82) is 0 Å². The molecule has 0 spiro atoms. The predicted octanol–water partition coefficient (Wildman–Crippen LogP) is 6.09.